The lowest BCUT2D eigenvalue weighted by atomic mass is 10.2. The highest BCUT2D eigenvalue weighted by Crippen LogP contribution is 2.31. The summed E-state index contributed by atoms with van der Waals surface area (Å²) in [5, 5.41) is 3.87. The molecule has 1 N–H and O–H groups in total. The molecular formula is C19H20N2O2S. The van der Waals surface area contributed by atoms with Crippen LogP contribution in [0.5, 0.6) is 0 Å². The molecule has 1 amide bonds. The molecule has 0 aliphatic carbocycles. The van der Waals surface area contributed by atoms with Crippen molar-refractivity contribution >= 4 is 33.1 Å². The molecule has 0 atom stereocenters. The molecule has 0 saturated heterocycles. The zero-order valence-corrected chi connectivity index (χ0v) is 14.7. The number of hydrogen-bond donors (Lipinski definition) is 1. The minimum atomic E-state index is -0.0355. The molecule has 124 valence electrons. The van der Waals surface area contributed by atoms with E-state index in [1.54, 1.807) is 11.3 Å². The van der Waals surface area contributed by atoms with E-state index in [9.17, 15) is 4.79 Å². The molecule has 24 heavy (non-hydrogen) atoms. The molecule has 0 fully saturated rings. The summed E-state index contributed by atoms with van der Waals surface area (Å²) in [5.41, 5.74) is 4.11. The number of fused-ring (bicyclic) bond motifs is 1. The Morgan fingerprint density at radius 3 is 2.75 bits per heavy atom. The fourth-order valence-corrected chi connectivity index (χ4v) is 3.45. The molecule has 1 heterocycles. The molecule has 1 aromatic heterocycles. The van der Waals surface area contributed by atoms with Crippen LogP contribution < -0.4 is 5.32 Å². The topological polar surface area (TPSA) is 51.2 Å². The van der Waals surface area contributed by atoms with Crippen LogP contribution in [0.2, 0.25) is 0 Å². The first-order valence-electron chi connectivity index (χ1n) is 8.01. The summed E-state index contributed by atoms with van der Waals surface area (Å²) in [7, 11) is 0. The fraction of sp³-hybridized carbons (Fsp3) is 0.263. The molecule has 0 bridgehead atoms. The first-order valence-corrected chi connectivity index (χ1v) is 8.82. The average molecular weight is 340 g/mol. The van der Waals surface area contributed by atoms with Crippen molar-refractivity contribution in [1.29, 1.82) is 0 Å². The van der Waals surface area contributed by atoms with Crippen LogP contribution in [0.3, 0.4) is 0 Å². The van der Waals surface area contributed by atoms with Gasteiger partial charge in [0.15, 0.2) is 0 Å². The van der Waals surface area contributed by atoms with E-state index in [1.807, 2.05) is 31.2 Å². The molecule has 4 nitrogen and oxygen atoms in total. The molecule has 0 spiro atoms. The zero-order chi connectivity index (χ0) is 16.9. The van der Waals surface area contributed by atoms with E-state index in [1.165, 1.54) is 10.3 Å². The van der Waals surface area contributed by atoms with E-state index in [2.05, 4.69) is 35.4 Å². The Hall–Kier alpha value is -2.24. The van der Waals surface area contributed by atoms with E-state index in [0.717, 1.165) is 21.8 Å². The lowest BCUT2D eigenvalue weighted by molar-refractivity contribution is -0.117. The number of thiazole rings is 1. The summed E-state index contributed by atoms with van der Waals surface area (Å²) in [5.74, 6) is -0.0355. The van der Waals surface area contributed by atoms with Gasteiger partial charge in [-0.3, -0.25) is 4.79 Å². The Labute approximate surface area is 145 Å². The van der Waals surface area contributed by atoms with Gasteiger partial charge in [-0.25, -0.2) is 4.98 Å². The van der Waals surface area contributed by atoms with Gasteiger partial charge in [-0.1, -0.05) is 6.07 Å². The number of benzene rings is 2. The minimum Gasteiger partial charge on any atom is -0.381 e. The van der Waals surface area contributed by atoms with Crippen LogP contribution >= 0.6 is 11.3 Å². The lowest BCUT2D eigenvalue weighted by Crippen LogP contribution is -2.14. The summed E-state index contributed by atoms with van der Waals surface area (Å²) < 4.78 is 6.38. The van der Waals surface area contributed by atoms with Crippen LogP contribution in [0.4, 0.5) is 5.69 Å². The number of carbonyl (C=O) groups is 1. The van der Waals surface area contributed by atoms with E-state index in [0.29, 0.717) is 19.6 Å². The van der Waals surface area contributed by atoms with Crippen LogP contribution in [0, 0.1) is 6.92 Å². The Balaban J connectivity index is 1.70. The highest BCUT2D eigenvalue weighted by molar-refractivity contribution is 7.21. The van der Waals surface area contributed by atoms with Gasteiger partial charge < -0.3 is 10.1 Å². The molecule has 2 aromatic carbocycles. The number of rotatable bonds is 6. The maximum atomic E-state index is 11.8. The van der Waals surface area contributed by atoms with Crippen LogP contribution in [0.1, 0.15) is 18.9 Å². The second-order valence-electron chi connectivity index (χ2n) is 5.56. The summed E-state index contributed by atoms with van der Waals surface area (Å²) in [6.07, 6.45) is 0.368. The summed E-state index contributed by atoms with van der Waals surface area (Å²) in [6.45, 7) is 5.08. The number of carbonyl (C=O) groups excluding carboxylic acids is 1. The number of nitrogens with one attached hydrogen (secondary N) is 1. The molecule has 3 rings (SSSR count). The Bertz CT molecular complexity index is 840. The van der Waals surface area contributed by atoms with Gasteiger partial charge in [-0.2, -0.15) is 0 Å². The average Bonchev–Trinajstić information content (AvgIpc) is 2.99. The van der Waals surface area contributed by atoms with Crippen molar-refractivity contribution in [2.24, 2.45) is 0 Å². The number of amides is 1. The van der Waals surface area contributed by atoms with E-state index in [4.69, 9.17) is 4.74 Å². The van der Waals surface area contributed by atoms with Gasteiger partial charge in [0, 0.05) is 17.9 Å². The minimum absolute atomic E-state index is 0.0355. The predicted molar refractivity (Wildman–Crippen MR) is 99.5 cm³/mol. The van der Waals surface area contributed by atoms with Crippen LogP contribution in [0.15, 0.2) is 42.5 Å². The standard InChI is InChI=1S/C19H20N2O2S/c1-3-23-11-10-18(22)20-15-7-5-14(6-8-15)19-21-16-9-4-13(2)12-17(16)24-19/h4-9,12H,3,10-11H2,1-2H3,(H,20,22). The Morgan fingerprint density at radius 1 is 1.21 bits per heavy atom. The van der Waals surface area contributed by atoms with Crippen molar-refractivity contribution in [2.75, 3.05) is 18.5 Å². The van der Waals surface area contributed by atoms with Crippen molar-refractivity contribution in [2.45, 2.75) is 20.3 Å². The number of aromatic nitrogens is 1. The SMILES string of the molecule is CCOCCC(=O)Nc1ccc(-c2nc3ccc(C)cc3s2)cc1. The van der Waals surface area contributed by atoms with Gasteiger partial charge >= 0.3 is 0 Å². The monoisotopic (exact) mass is 340 g/mol. The summed E-state index contributed by atoms with van der Waals surface area (Å²) in [6, 6.07) is 14.1. The second kappa shape index (κ2) is 7.55. The molecular weight excluding hydrogens is 320 g/mol. The van der Waals surface area contributed by atoms with Crippen molar-refractivity contribution < 1.29 is 9.53 Å². The molecule has 0 unspecified atom stereocenters. The van der Waals surface area contributed by atoms with Gasteiger partial charge in [-0.05, 0) is 55.8 Å². The first kappa shape index (κ1) is 16.6. The van der Waals surface area contributed by atoms with Crippen molar-refractivity contribution in [1.82, 2.24) is 4.98 Å². The molecule has 0 aliphatic heterocycles. The van der Waals surface area contributed by atoms with Gasteiger partial charge in [-0.15, -0.1) is 11.3 Å². The summed E-state index contributed by atoms with van der Waals surface area (Å²) >= 11 is 1.68. The van der Waals surface area contributed by atoms with Crippen LogP contribution in [0.25, 0.3) is 20.8 Å². The third-order valence-electron chi connectivity index (χ3n) is 3.64. The second-order valence-corrected chi connectivity index (χ2v) is 6.59. The quantitative estimate of drug-likeness (QED) is 0.665. The van der Waals surface area contributed by atoms with Gasteiger partial charge in [0.25, 0.3) is 0 Å². The molecule has 0 saturated carbocycles. The zero-order valence-electron chi connectivity index (χ0n) is 13.8. The predicted octanol–water partition coefficient (Wildman–Crippen LogP) is 4.64. The smallest absolute Gasteiger partial charge is 0.226 e. The van der Waals surface area contributed by atoms with Gasteiger partial charge in [0.1, 0.15) is 5.01 Å². The van der Waals surface area contributed by atoms with Gasteiger partial charge in [0.2, 0.25) is 5.91 Å². The number of anilines is 1. The molecule has 5 heteroatoms. The van der Waals surface area contributed by atoms with Crippen molar-refractivity contribution in [3.63, 3.8) is 0 Å². The summed E-state index contributed by atoms with van der Waals surface area (Å²) in [4.78, 5) is 16.5. The first-order chi connectivity index (χ1) is 11.7. The van der Waals surface area contributed by atoms with Crippen LogP contribution in [-0.2, 0) is 9.53 Å². The normalized spacial score (nSPS) is 10.9. The maximum absolute atomic E-state index is 11.8. The van der Waals surface area contributed by atoms with Crippen molar-refractivity contribution in [3.8, 4) is 10.6 Å². The Morgan fingerprint density at radius 2 is 2.00 bits per heavy atom. The van der Waals surface area contributed by atoms with Crippen LogP contribution in [-0.4, -0.2) is 24.1 Å². The van der Waals surface area contributed by atoms with E-state index in [-0.39, 0.29) is 5.91 Å². The fourth-order valence-electron chi connectivity index (χ4n) is 2.38. The number of ether oxygens (including phenoxy) is 1. The molecule has 3 aromatic rings. The van der Waals surface area contributed by atoms with Crippen molar-refractivity contribution in [3.05, 3.63) is 48.0 Å². The molecule has 0 radical (unpaired) electrons. The highest BCUT2D eigenvalue weighted by atomic mass is 32.1. The maximum Gasteiger partial charge on any atom is 0.226 e. The van der Waals surface area contributed by atoms with Gasteiger partial charge in [0.05, 0.1) is 23.2 Å². The lowest BCUT2D eigenvalue weighted by Gasteiger charge is -2.06. The number of aryl methyl sites for hydroxylation is 1. The van der Waals surface area contributed by atoms with E-state index < -0.39 is 0 Å². The molecule has 0 aliphatic rings. The Kier molecular flexibility index (Phi) is 5.23. The largest absolute Gasteiger partial charge is 0.381 e. The third kappa shape index (κ3) is 3.99. The number of nitrogens with zero attached hydrogens (tertiary/aromatic N) is 1. The third-order valence-corrected chi connectivity index (χ3v) is 4.70. The highest BCUT2D eigenvalue weighted by Gasteiger charge is 2.07. The van der Waals surface area contributed by atoms with E-state index >= 15 is 0 Å². The number of hydrogen-bond acceptors (Lipinski definition) is 4.